The Balaban J connectivity index is 1.70. The second kappa shape index (κ2) is 9.27. The zero-order valence-electron chi connectivity index (χ0n) is 19.1. The molecule has 1 saturated heterocycles. The molecule has 172 valence electrons. The smallest absolute Gasteiger partial charge is 0.246 e. The van der Waals surface area contributed by atoms with Crippen molar-refractivity contribution >= 4 is 40.5 Å². The van der Waals surface area contributed by atoms with Gasteiger partial charge in [-0.1, -0.05) is 36.4 Å². The van der Waals surface area contributed by atoms with Gasteiger partial charge in [0.1, 0.15) is 0 Å². The van der Waals surface area contributed by atoms with Crippen LogP contribution in [0.4, 0.5) is 5.69 Å². The molecule has 0 bridgehead atoms. The van der Waals surface area contributed by atoms with Gasteiger partial charge in [-0.25, -0.2) is 0 Å². The summed E-state index contributed by atoms with van der Waals surface area (Å²) in [6.45, 7) is 9.68. The second-order valence-corrected chi connectivity index (χ2v) is 8.93. The van der Waals surface area contributed by atoms with Gasteiger partial charge in [-0.3, -0.25) is 14.7 Å². The fourth-order valence-corrected chi connectivity index (χ4v) is 5.16. The summed E-state index contributed by atoms with van der Waals surface area (Å²) in [5.74, 6) is -0.118. The summed E-state index contributed by atoms with van der Waals surface area (Å²) in [6, 6.07) is 8.04. The van der Waals surface area contributed by atoms with E-state index in [2.05, 4.69) is 40.7 Å². The van der Waals surface area contributed by atoms with Crippen LogP contribution in [-0.2, 0) is 9.59 Å². The Morgan fingerprint density at radius 3 is 2.76 bits per heavy atom. The highest BCUT2D eigenvalue weighted by Gasteiger charge is 2.29. The van der Waals surface area contributed by atoms with Gasteiger partial charge in [-0.2, -0.15) is 5.10 Å². The number of benzene rings is 2. The van der Waals surface area contributed by atoms with Crippen LogP contribution >= 0.6 is 11.6 Å². The van der Waals surface area contributed by atoms with E-state index in [0.29, 0.717) is 31.2 Å². The maximum absolute atomic E-state index is 12.1. The molecule has 33 heavy (non-hydrogen) atoms. The number of amides is 2. The molecule has 1 atom stereocenters. The number of rotatable bonds is 6. The topological polar surface area (TPSA) is 72.5 Å². The molecule has 0 radical (unpaired) electrons. The van der Waals surface area contributed by atoms with Crippen LogP contribution in [0.25, 0.3) is 22.0 Å². The number of H-pyrrole nitrogens is 1. The Kier molecular flexibility index (Phi) is 6.42. The summed E-state index contributed by atoms with van der Waals surface area (Å²) in [7, 11) is 1.97. The van der Waals surface area contributed by atoms with Crippen LogP contribution in [0.3, 0.4) is 0 Å². The van der Waals surface area contributed by atoms with Crippen molar-refractivity contribution in [2.45, 2.75) is 19.9 Å². The fourth-order valence-electron chi connectivity index (χ4n) is 4.71. The van der Waals surface area contributed by atoms with Gasteiger partial charge in [0.15, 0.2) is 0 Å². The molecule has 3 aromatic rings. The molecule has 1 fully saturated rings. The van der Waals surface area contributed by atoms with Gasteiger partial charge in [0, 0.05) is 44.2 Å². The zero-order chi connectivity index (χ0) is 23.7. The molecule has 1 aliphatic rings. The lowest BCUT2D eigenvalue weighted by atomic mass is 9.95. The number of aryl methyl sites for hydroxylation is 2. The molecule has 0 saturated carbocycles. The van der Waals surface area contributed by atoms with Crippen LogP contribution in [0.1, 0.15) is 11.1 Å². The fraction of sp³-hybridized carbons (Fsp3) is 0.320. The van der Waals surface area contributed by atoms with Gasteiger partial charge in [0.05, 0.1) is 28.5 Å². The predicted molar refractivity (Wildman–Crippen MR) is 133 cm³/mol. The molecule has 2 heterocycles. The number of carbonyl (C=O) groups excluding carboxylic acids is 2. The van der Waals surface area contributed by atoms with Crippen molar-refractivity contribution < 1.29 is 9.59 Å². The zero-order valence-corrected chi connectivity index (χ0v) is 19.9. The molecule has 1 N–H and O–H groups in total. The van der Waals surface area contributed by atoms with Crippen LogP contribution in [0, 0.1) is 13.8 Å². The average Bonchev–Trinajstić information content (AvgIpc) is 3.28. The monoisotopic (exact) mass is 465 g/mol. The van der Waals surface area contributed by atoms with Gasteiger partial charge >= 0.3 is 0 Å². The summed E-state index contributed by atoms with van der Waals surface area (Å²) in [5, 5.41) is 8.90. The van der Waals surface area contributed by atoms with E-state index in [4.69, 9.17) is 11.6 Å². The van der Waals surface area contributed by atoms with Crippen molar-refractivity contribution in [1.29, 1.82) is 0 Å². The predicted octanol–water partition coefficient (Wildman–Crippen LogP) is 3.79. The second-order valence-electron chi connectivity index (χ2n) is 8.55. The van der Waals surface area contributed by atoms with E-state index in [-0.39, 0.29) is 11.9 Å². The van der Waals surface area contributed by atoms with Gasteiger partial charge in [-0.05, 0) is 42.7 Å². The van der Waals surface area contributed by atoms with E-state index in [1.165, 1.54) is 6.08 Å². The highest BCUT2D eigenvalue weighted by molar-refractivity contribution is 6.36. The Hall–Kier alpha value is -3.32. The Bertz CT molecular complexity index is 1220. The first-order valence-corrected chi connectivity index (χ1v) is 11.3. The molecule has 2 aromatic carbocycles. The minimum atomic E-state index is -0.150. The summed E-state index contributed by atoms with van der Waals surface area (Å²) in [6.07, 6.45) is 4.01. The summed E-state index contributed by atoms with van der Waals surface area (Å²) in [5.41, 5.74) is 6.01. The molecule has 4 rings (SSSR count). The standard InChI is InChI=1S/C25H28ClN5O2/c1-5-22(33)30-10-11-31(15-32)18(14-30)13-29(4)25-17(3)6-8-19(24(25)26)23-16(2)7-9-21-20(23)12-27-28-21/h5-9,12,15,18H,1,10-11,13-14H2,2-4H3,(H,27,28). The molecule has 8 heteroatoms. The minimum absolute atomic E-state index is 0.118. The first-order valence-electron chi connectivity index (χ1n) is 10.9. The number of nitrogens with zero attached hydrogens (tertiary/aromatic N) is 4. The molecule has 0 aliphatic carbocycles. The Morgan fingerprint density at radius 1 is 1.27 bits per heavy atom. The number of halogens is 1. The van der Waals surface area contributed by atoms with E-state index < -0.39 is 0 Å². The number of fused-ring (bicyclic) bond motifs is 1. The van der Waals surface area contributed by atoms with E-state index in [1.807, 2.05) is 32.3 Å². The van der Waals surface area contributed by atoms with Gasteiger partial charge in [0.2, 0.25) is 12.3 Å². The van der Waals surface area contributed by atoms with Crippen LogP contribution in [-0.4, -0.2) is 71.6 Å². The number of anilines is 1. The highest BCUT2D eigenvalue weighted by atomic mass is 35.5. The van der Waals surface area contributed by atoms with Crippen LogP contribution in [0.15, 0.2) is 43.1 Å². The van der Waals surface area contributed by atoms with Crippen molar-refractivity contribution in [3.8, 4) is 11.1 Å². The molecule has 1 aliphatic heterocycles. The number of aromatic amines is 1. The lowest BCUT2D eigenvalue weighted by molar-refractivity contribution is -0.133. The van der Waals surface area contributed by atoms with E-state index in [1.54, 1.807) is 9.80 Å². The van der Waals surface area contributed by atoms with Gasteiger partial charge < -0.3 is 14.7 Å². The van der Waals surface area contributed by atoms with E-state index in [0.717, 1.165) is 45.3 Å². The third-order valence-electron chi connectivity index (χ3n) is 6.44. The molecule has 2 amide bonds. The lowest BCUT2D eigenvalue weighted by Crippen LogP contribution is -2.57. The number of carbonyl (C=O) groups is 2. The van der Waals surface area contributed by atoms with E-state index in [9.17, 15) is 9.59 Å². The molecular formula is C25H28ClN5O2. The Morgan fingerprint density at radius 2 is 2.03 bits per heavy atom. The molecule has 1 unspecified atom stereocenters. The highest BCUT2D eigenvalue weighted by Crippen LogP contribution is 2.41. The number of hydrogen-bond donors (Lipinski definition) is 1. The minimum Gasteiger partial charge on any atom is -0.371 e. The van der Waals surface area contributed by atoms with Gasteiger partial charge in [-0.15, -0.1) is 0 Å². The number of hydrogen-bond acceptors (Lipinski definition) is 4. The third kappa shape index (κ3) is 4.20. The van der Waals surface area contributed by atoms with Crippen LogP contribution < -0.4 is 4.90 Å². The van der Waals surface area contributed by atoms with Crippen molar-refractivity contribution in [1.82, 2.24) is 20.0 Å². The van der Waals surface area contributed by atoms with Crippen molar-refractivity contribution in [2.24, 2.45) is 0 Å². The summed E-state index contributed by atoms with van der Waals surface area (Å²) >= 11 is 7.04. The van der Waals surface area contributed by atoms with E-state index >= 15 is 0 Å². The number of nitrogens with one attached hydrogen (secondary N) is 1. The number of piperazine rings is 1. The average molecular weight is 466 g/mol. The maximum atomic E-state index is 12.1. The molecular weight excluding hydrogens is 438 g/mol. The molecule has 0 spiro atoms. The largest absolute Gasteiger partial charge is 0.371 e. The lowest BCUT2D eigenvalue weighted by Gasteiger charge is -2.41. The maximum Gasteiger partial charge on any atom is 0.246 e. The van der Waals surface area contributed by atoms with Gasteiger partial charge in [0.25, 0.3) is 0 Å². The summed E-state index contributed by atoms with van der Waals surface area (Å²) < 4.78 is 0. The quantitative estimate of drug-likeness (QED) is 0.444. The SMILES string of the molecule is C=CC(=O)N1CCN(C=O)C(CN(C)c2c(C)ccc(-c3c(C)ccc4[nH]ncc34)c2Cl)C1. The van der Waals surface area contributed by atoms with Crippen LogP contribution in [0.2, 0.25) is 5.02 Å². The molecule has 7 nitrogen and oxygen atoms in total. The third-order valence-corrected chi connectivity index (χ3v) is 6.82. The summed E-state index contributed by atoms with van der Waals surface area (Å²) in [4.78, 5) is 29.4. The normalized spacial score (nSPS) is 16.2. The van der Waals surface area contributed by atoms with Crippen LogP contribution in [0.5, 0.6) is 0 Å². The Labute approximate surface area is 198 Å². The number of aromatic nitrogens is 2. The first-order chi connectivity index (χ1) is 15.8. The molecule has 1 aromatic heterocycles. The number of likely N-dealkylation sites (N-methyl/N-ethyl adjacent to an activating group) is 1. The van der Waals surface area contributed by atoms with Crippen molar-refractivity contribution in [2.75, 3.05) is 38.1 Å². The first kappa shape index (κ1) is 22.9. The van der Waals surface area contributed by atoms with Crippen molar-refractivity contribution in [3.05, 3.63) is 59.3 Å². The van der Waals surface area contributed by atoms with Crippen molar-refractivity contribution in [3.63, 3.8) is 0 Å².